The van der Waals surface area contributed by atoms with Gasteiger partial charge in [0, 0.05) is 11.2 Å². The molecule has 0 radical (unpaired) electrons. The van der Waals surface area contributed by atoms with Crippen LogP contribution in [0.1, 0.15) is 54.0 Å². The number of carbonyl (C=O) groups excluding carboxylic acids is 1. The number of nitrogens with zero attached hydrogens (tertiary/aromatic N) is 1. The highest BCUT2D eigenvalue weighted by Gasteiger charge is 2.52. The minimum atomic E-state index is -0.650. The molecule has 1 aromatic rings. The molecular formula is C18H25BN2O4. The predicted molar refractivity (Wildman–Crippen MR) is 96.7 cm³/mol. The van der Waals surface area contributed by atoms with Crippen LogP contribution >= 0.6 is 0 Å². The quantitative estimate of drug-likeness (QED) is 0.834. The van der Waals surface area contributed by atoms with Gasteiger partial charge >= 0.3 is 13.2 Å². The maximum Gasteiger partial charge on any atom is 0.496 e. The Bertz CT molecular complexity index is 701. The molecule has 0 aromatic heterocycles. The fourth-order valence-electron chi connectivity index (χ4n) is 2.32. The van der Waals surface area contributed by atoms with Crippen LogP contribution in [0.4, 0.5) is 10.5 Å². The number of hydrogen-bond donors (Lipinski definition) is 1. The highest BCUT2D eigenvalue weighted by molar-refractivity contribution is 6.64. The Labute approximate surface area is 149 Å². The van der Waals surface area contributed by atoms with Crippen molar-refractivity contribution < 1.29 is 18.8 Å². The Morgan fingerprint density at radius 2 is 1.76 bits per heavy atom. The Kier molecular flexibility index (Phi) is 4.91. The van der Waals surface area contributed by atoms with E-state index in [0.717, 1.165) is 0 Å². The molecule has 0 spiro atoms. The second-order valence-corrected chi connectivity index (χ2v) is 8.13. The van der Waals surface area contributed by atoms with Crippen LogP contribution in [0.3, 0.4) is 0 Å². The molecular weight excluding hydrogens is 319 g/mol. The topological polar surface area (TPSA) is 80.6 Å². The minimum absolute atomic E-state index is 0.423. The van der Waals surface area contributed by atoms with Gasteiger partial charge in [0.15, 0.2) is 0 Å². The van der Waals surface area contributed by atoms with Gasteiger partial charge in [-0.2, -0.15) is 5.26 Å². The summed E-state index contributed by atoms with van der Waals surface area (Å²) in [6.45, 7) is 13.2. The maximum atomic E-state index is 12.2. The van der Waals surface area contributed by atoms with E-state index in [-0.39, 0.29) is 0 Å². The fourth-order valence-corrected chi connectivity index (χ4v) is 2.32. The van der Waals surface area contributed by atoms with Crippen molar-refractivity contribution >= 4 is 24.4 Å². The van der Waals surface area contributed by atoms with Gasteiger partial charge in [-0.05, 0) is 60.6 Å². The smallest absolute Gasteiger partial charge is 0.444 e. The molecule has 1 aliphatic rings. The summed E-state index contributed by atoms with van der Waals surface area (Å²) in [5.74, 6) is 0. The summed E-state index contributed by atoms with van der Waals surface area (Å²) in [5, 5.41) is 11.8. The number of rotatable bonds is 2. The van der Waals surface area contributed by atoms with E-state index in [0.29, 0.717) is 16.7 Å². The number of ether oxygens (including phenoxy) is 1. The fraction of sp³-hybridized carbons (Fsp3) is 0.556. The van der Waals surface area contributed by atoms with Crippen LogP contribution in [0.2, 0.25) is 0 Å². The van der Waals surface area contributed by atoms with Gasteiger partial charge in [0.2, 0.25) is 0 Å². The molecule has 0 aliphatic carbocycles. The lowest BCUT2D eigenvalue weighted by Gasteiger charge is -2.32. The van der Waals surface area contributed by atoms with Crippen LogP contribution in [0.5, 0.6) is 0 Å². The lowest BCUT2D eigenvalue weighted by molar-refractivity contribution is 0.00578. The van der Waals surface area contributed by atoms with Gasteiger partial charge in [-0.15, -0.1) is 0 Å². The van der Waals surface area contributed by atoms with Crippen molar-refractivity contribution in [3.63, 3.8) is 0 Å². The zero-order valence-corrected chi connectivity index (χ0v) is 15.9. The van der Waals surface area contributed by atoms with Crippen molar-refractivity contribution in [3.05, 3.63) is 23.8 Å². The number of carbonyl (C=O) groups is 1. The number of amides is 1. The monoisotopic (exact) mass is 344 g/mol. The van der Waals surface area contributed by atoms with E-state index >= 15 is 0 Å². The zero-order valence-electron chi connectivity index (χ0n) is 15.9. The molecule has 0 bridgehead atoms. The molecule has 1 fully saturated rings. The molecule has 1 aliphatic heterocycles. The molecule has 1 aromatic carbocycles. The third-order valence-electron chi connectivity index (χ3n) is 4.33. The third kappa shape index (κ3) is 4.33. The number of nitrogens with one attached hydrogen (secondary N) is 1. The summed E-state index contributed by atoms with van der Waals surface area (Å²) >= 11 is 0. The predicted octanol–water partition coefficient (Wildman–Crippen LogP) is 3.20. The molecule has 25 heavy (non-hydrogen) atoms. The molecule has 0 atom stereocenters. The van der Waals surface area contributed by atoms with E-state index < -0.39 is 30.0 Å². The Balaban J connectivity index is 2.33. The van der Waals surface area contributed by atoms with Gasteiger partial charge < -0.3 is 14.0 Å². The highest BCUT2D eigenvalue weighted by atomic mass is 16.7. The lowest BCUT2D eigenvalue weighted by atomic mass is 9.77. The number of anilines is 1. The summed E-state index contributed by atoms with van der Waals surface area (Å²) in [6, 6.07) is 7.05. The second-order valence-electron chi connectivity index (χ2n) is 8.13. The Hall–Kier alpha value is -2.04. The largest absolute Gasteiger partial charge is 0.496 e. The van der Waals surface area contributed by atoms with E-state index in [4.69, 9.17) is 19.3 Å². The SMILES string of the molecule is CC(C)(C)OC(=O)Nc1cc(C#N)ccc1B1OC(C)(C)C(C)(C)O1. The molecule has 0 unspecified atom stereocenters. The van der Waals surface area contributed by atoms with Crippen LogP contribution in [0, 0.1) is 11.3 Å². The first-order valence-corrected chi connectivity index (χ1v) is 8.24. The highest BCUT2D eigenvalue weighted by Crippen LogP contribution is 2.37. The number of hydrogen-bond acceptors (Lipinski definition) is 5. The molecule has 1 N–H and O–H groups in total. The number of nitriles is 1. The molecule has 134 valence electrons. The zero-order chi connectivity index (χ0) is 19.0. The molecule has 1 heterocycles. The lowest BCUT2D eigenvalue weighted by Crippen LogP contribution is -2.41. The van der Waals surface area contributed by atoms with Gasteiger partial charge in [-0.3, -0.25) is 5.32 Å². The van der Waals surface area contributed by atoms with Crippen molar-refractivity contribution in [1.82, 2.24) is 0 Å². The van der Waals surface area contributed by atoms with Crippen LogP contribution < -0.4 is 10.8 Å². The Morgan fingerprint density at radius 1 is 1.20 bits per heavy atom. The van der Waals surface area contributed by atoms with Crippen molar-refractivity contribution in [2.24, 2.45) is 0 Å². The summed E-state index contributed by atoms with van der Waals surface area (Å²) < 4.78 is 17.4. The first-order chi connectivity index (χ1) is 11.3. The van der Waals surface area contributed by atoms with Crippen molar-refractivity contribution in [2.75, 3.05) is 5.32 Å². The van der Waals surface area contributed by atoms with E-state index in [1.165, 1.54) is 0 Å². The average molecular weight is 344 g/mol. The van der Waals surface area contributed by atoms with E-state index in [2.05, 4.69) is 11.4 Å². The molecule has 0 saturated carbocycles. The molecule has 1 amide bonds. The summed E-state index contributed by atoms with van der Waals surface area (Å²) in [6.07, 6.45) is -0.597. The normalized spacial score (nSPS) is 18.6. The van der Waals surface area contributed by atoms with Crippen molar-refractivity contribution in [3.8, 4) is 6.07 Å². The van der Waals surface area contributed by atoms with E-state index in [1.807, 2.05) is 27.7 Å². The second kappa shape index (κ2) is 6.36. The number of benzene rings is 1. The minimum Gasteiger partial charge on any atom is -0.444 e. The van der Waals surface area contributed by atoms with Gasteiger partial charge in [-0.1, -0.05) is 6.07 Å². The molecule has 2 rings (SSSR count). The summed E-state index contributed by atoms with van der Waals surface area (Å²) in [7, 11) is -0.650. The average Bonchev–Trinajstić information content (AvgIpc) is 2.64. The standard InChI is InChI=1S/C18H25BN2O4/c1-16(2,3)23-15(22)21-14-10-12(11-20)8-9-13(14)19-24-17(4,5)18(6,7)25-19/h8-10H,1-7H3,(H,21,22). The van der Waals surface area contributed by atoms with Crippen LogP contribution in [0.15, 0.2) is 18.2 Å². The van der Waals surface area contributed by atoms with Crippen molar-refractivity contribution in [1.29, 1.82) is 5.26 Å². The van der Waals surface area contributed by atoms with Gasteiger partial charge in [0.05, 0.1) is 22.8 Å². The Morgan fingerprint density at radius 3 is 2.24 bits per heavy atom. The first kappa shape index (κ1) is 19.3. The summed E-state index contributed by atoms with van der Waals surface area (Å²) in [4.78, 5) is 12.2. The maximum absolute atomic E-state index is 12.2. The van der Waals surface area contributed by atoms with Gasteiger partial charge in [0.1, 0.15) is 5.60 Å². The van der Waals surface area contributed by atoms with Gasteiger partial charge in [0.25, 0.3) is 0 Å². The van der Waals surface area contributed by atoms with Crippen LogP contribution in [0.25, 0.3) is 0 Å². The van der Waals surface area contributed by atoms with E-state index in [9.17, 15) is 4.79 Å². The van der Waals surface area contributed by atoms with Gasteiger partial charge in [-0.25, -0.2) is 4.79 Å². The summed E-state index contributed by atoms with van der Waals surface area (Å²) in [5.41, 5.74) is -0.132. The van der Waals surface area contributed by atoms with Crippen molar-refractivity contribution in [2.45, 2.75) is 65.3 Å². The van der Waals surface area contributed by atoms with E-state index in [1.54, 1.807) is 39.0 Å². The van der Waals surface area contributed by atoms with Crippen LogP contribution in [-0.4, -0.2) is 30.0 Å². The molecule has 1 saturated heterocycles. The third-order valence-corrected chi connectivity index (χ3v) is 4.33. The first-order valence-electron chi connectivity index (χ1n) is 8.24. The molecule has 6 nitrogen and oxygen atoms in total. The molecule has 7 heteroatoms. The van der Waals surface area contributed by atoms with Crippen LogP contribution in [-0.2, 0) is 14.0 Å².